The highest BCUT2D eigenvalue weighted by molar-refractivity contribution is 5.81. The quantitative estimate of drug-likeness (QED) is 0.841. The molecule has 7 nitrogen and oxygen atoms in total. The van der Waals surface area contributed by atoms with Gasteiger partial charge in [0.15, 0.2) is 0 Å². The van der Waals surface area contributed by atoms with Gasteiger partial charge in [-0.15, -0.1) is 0 Å². The first kappa shape index (κ1) is 18.6. The van der Waals surface area contributed by atoms with E-state index in [1.807, 2.05) is 33.0 Å². The van der Waals surface area contributed by atoms with Crippen LogP contribution in [0.1, 0.15) is 58.1 Å². The van der Waals surface area contributed by atoms with Crippen LogP contribution in [0.3, 0.4) is 0 Å². The van der Waals surface area contributed by atoms with Crippen molar-refractivity contribution in [3.05, 3.63) is 18.0 Å². The maximum absolute atomic E-state index is 12.3. The topological polar surface area (TPSA) is 85.4 Å². The molecule has 3 aliphatic rings. The van der Waals surface area contributed by atoms with E-state index in [2.05, 4.69) is 15.6 Å². The monoisotopic (exact) mass is 374 g/mol. The van der Waals surface area contributed by atoms with E-state index in [1.165, 1.54) is 25.7 Å². The summed E-state index contributed by atoms with van der Waals surface area (Å²) in [5.41, 5.74) is 0.700. The van der Waals surface area contributed by atoms with Gasteiger partial charge in [-0.05, 0) is 18.9 Å². The van der Waals surface area contributed by atoms with Gasteiger partial charge in [0.2, 0.25) is 11.9 Å². The summed E-state index contributed by atoms with van der Waals surface area (Å²) in [6, 6.07) is 1.91. The van der Waals surface area contributed by atoms with Crippen molar-refractivity contribution in [2.75, 3.05) is 18.5 Å². The number of nitrogens with one attached hydrogen (secondary N) is 2. The van der Waals surface area contributed by atoms with Crippen LogP contribution in [0.25, 0.3) is 0 Å². The average Bonchev–Trinajstić information content (AvgIpc) is 3.35. The molecule has 1 aromatic heterocycles. The number of nitrogens with zero attached hydrogens (tertiary/aromatic N) is 2. The minimum absolute atomic E-state index is 0.00892. The number of carbonyl (C=O) groups excluding carboxylic acids is 1. The van der Waals surface area contributed by atoms with Gasteiger partial charge in [-0.25, -0.2) is 9.97 Å². The second kappa shape index (κ2) is 7.36. The van der Waals surface area contributed by atoms with Crippen molar-refractivity contribution in [2.24, 2.45) is 5.41 Å². The number of ether oxygens (including phenoxy) is 2. The van der Waals surface area contributed by atoms with Crippen molar-refractivity contribution in [1.29, 1.82) is 0 Å². The summed E-state index contributed by atoms with van der Waals surface area (Å²) in [5, 5.41) is 6.47. The molecule has 0 spiro atoms. The van der Waals surface area contributed by atoms with E-state index in [0.717, 1.165) is 5.69 Å². The van der Waals surface area contributed by atoms with Gasteiger partial charge in [0, 0.05) is 23.2 Å². The van der Waals surface area contributed by atoms with Crippen molar-refractivity contribution in [3.8, 4) is 0 Å². The Bertz CT molecular complexity index is 684. The van der Waals surface area contributed by atoms with Crippen LogP contribution in [0.2, 0.25) is 0 Å². The molecule has 27 heavy (non-hydrogen) atoms. The minimum atomic E-state index is -0.428. The van der Waals surface area contributed by atoms with Gasteiger partial charge < -0.3 is 20.1 Å². The zero-order valence-electron chi connectivity index (χ0n) is 16.4. The van der Waals surface area contributed by atoms with Gasteiger partial charge >= 0.3 is 0 Å². The van der Waals surface area contributed by atoms with Crippen LogP contribution in [0.15, 0.2) is 12.3 Å². The molecule has 2 N–H and O–H groups in total. The second-order valence-corrected chi connectivity index (χ2v) is 8.96. The summed E-state index contributed by atoms with van der Waals surface area (Å²) in [6.07, 6.45) is 6.59. The van der Waals surface area contributed by atoms with Crippen LogP contribution in [0, 0.1) is 5.41 Å². The number of amides is 1. The molecule has 0 radical (unpaired) electrons. The maximum atomic E-state index is 12.3. The third kappa shape index (κ3) is 3.94. The highest BCUT2D eigenvalue weighted by atomic mass is 16.6. The summed E-state index contributed by atoms with van der Waals surface area (Å²) < 4.78 is 11.9. The van der Waals surface area contributed by atoms with E-state index < -0.39 is 5.41 Å². The molecule has 4 rings (SSSR count). The third-order valence-corrected chi connectivity index (χ3v) is 5.82. The minimum Gasteiger partial charge on any atom is -0.371 e. The molecule has 1 saturated carbocycles. The molecule has 1 amide bonds. The summed E-state index contributed by atoms with van der Waals surface area (Å²) >= 11 is 0. The summed E-state index contributed by atoms with van der Waals surface area (Å²) in [7, 11) is 0. The van der Waals surface area contributed by atoms with E-state index in [-0.39, 0.29) is 30.2 Å². The molecule has 1 aromatic rings. The molecule has 0 unspecified atom stereocenters. The van der Waals surface area contributed by atoms with Crippen molar-refractivity contribution in [2.45, 2.75) is 76.7 Å². The number of hydrogen-bond acceptors (Lipinski definition) is 6. The van der Waals surface area contributed by atoms with Crippen molar-refractivity contribution in [1.82, 2.24) is 15.3 Å². The van der Waals surface area contributed by atoms with Crippen LogP contribution in [-0.4, -0.2) is 53.4 Å². The Labute approximate surface area is 160 Å². The SMILES string of the molecule is CC(C)(C)C(=O)N[C@@H]1CO[C@@H]2[C@@H]1OC[C@@H]2Nc1nccc(C2CCCC2)n1. The van der Waals surface area contributed by atoms with Gasteiger partial charge in [-0.1, -0.05) is 33.6 Å². The number of carbonyl (C=O) groups is 1. The molecule has 0 aromatic carbocycles. The van der Waals surface area contributed by atoms with Gasteiger partial charge in [0.05, 0.1) is 25.3 Å². The van der Waals surface area contributed by atoms with Crippen LogP contribution >= 0.6 is 0 Å². The number of hydrogen-bond donors (Lipinski definition) is 2. The highest BCUT2D eigenvalue weighted by Crippen LogP contribution is 2.33. The molecule has 0 bridgehead atoms. The lowest BCUT2D eigenvalue weighted by Gasteiger charge is -2.23. The average molecular weight is 374 g/mol. The fourth-order valence-corrected chi connectivity index (χ4v) is 4.19. The maximum Gasteiger partial charge on any atom is 0.225 e. The number of anilines is 1. The van der Waals surface area contributed by atoms with E-state index in [4.69, 9.17) is 14.5 Å². The van der Waals surface area contributed by atoms with Gasteiger partial charge in [0.25, 0.3) is 0 Å². The molecular formula is C20H30N4O3. The Morgan fingerprint density at radius 1 is 1.11 bits per heavy atom. The largest absolute Gasteiger partial charge is 0.371 e. The molecule has 7 heteroatoms. The van der Waals surface area contributed by atoms with Gasteiger partial charge in [-0.3, -0.25) is 4.79 Å². The number of rotatable bonds is 4. The predicted octanol–water partition coefficient (Wildman–Crippen LogP) is 2.24. The fourth-order valence-electron chi connectivity index (χ4n) is 4.19. The Morgan fingerprint density at radius 2 is 1.78 bits per heavy atom. The summed E-state index contributed by atoms with van der Waals surface area (Å²) in [6.45, 7) is 6.71. The molecule has 3 fully saturated rings. The van der Waals surface area contributed by atoms with Crippen molar-refractivity contribution >= 4 is 11.9 Å². The third-order valence-electron chi connectivity index (χ3n) is 5.82. The molecule has 3 heterocycles. The van der Waals surface area contributed by atoms with Crippen LogP contribution < -0.4 is 10.6 Å². The lowest BCUT2D eigenvalue weighted by atomic mass is 9.94. The first-order chi connectivity index (χ1) is 12.9. The lowest BCUT2D eigenvalue weighted by Crippen LogP contribution is -2.48. The van der Waals surface area contributed by atoms with E-state index in [1.54, 1.807) is 0 Å². The zero-order valence-corrected chi connectivity index (χ0v) is 16.4. The lowest BCUT2D eigenvalue weighted by molar-refractivity contribution is -0.129. The van der Waals surface area contributed by atoms with Crippen LogP contribution in [-0.2, 0) is 14.3 Å². The van der Waals surface area contributed by atoms with Crippen molar-refractivity contribution < 1.29 is 14.3 Å². The van der Waals surface area contributed by atoms with E-state index in [0.29, 0.717) is 25.1 Å². The molecular weight excluding hydrogens is 344 g/mol. The molecule has 2 saturated heterocycles. The Morgan fingerprint density at radius 3 is 2.48 bits per heavy atom. The second-order valence-electron chi connectivity index (χ2n) is 8.96. The van der Waals surface area contributed by atoms with Gasteiger partial charge in [-0.2, -0.15) is 0 Å². The van der Waals surface area contributed by atoms with Crippen molar-refractivity contribution in [3.63, 3.8) is 0 Å². The number of aromatic nitrogens is 2. The Kier molecular flexibility index (Phi) is 5.07. The number of fused-ring (bicyclic) bond motifs is 1. The van der Waals surface area contributed by atoms with E-state index in [9.17, 15) is 4.79 Å². The Hall–Kier alpha value is -1.73. The normalized spacial score (nSPS) is 31.1. The van der Waals surface area contributed by atoms with Crippen LogP contribution in [0.4, 0.5) is 5.95 Å². The van der Waals surface area contributed by atoms with E-state index >= 15 is 0 Å². The van der Waals surface area contributed by atoms with Gasteiger partial charge in [0.1, 0.15) is 12.2 Å². The molecule has 2 aliphatic heterocycles. The smallest absolute Gasteiger partial charge is 0.225 e. The summed E-state index contributed by atoms with van der Waals surface area (Å²) in [5.74, 6) is 1.21. The molecule has 148 valence electrons. The fraction of sp³-hybridized carbons (Fsp3) is 0.750. The molecule has 1 aliphatic carbocycles. The Balaban J connectivity index is 1.38. The standard InChI is InChI=1S/C20H30N4O3/c1-20(2,3)18(25)22-14-10-26-17-15(11-27-16(14)17)24-19-21-9-8-13(23-19)12-6-4-5-7-12/h8-9,12,14-17H,4-7,10-11H2,1-3H3,(H,22,25)(H,21,23,24)/t14-,15+,16-,17+/m1/s1. The zero-order chi connectivity index (χ0) is 19.0. The first-order valence-corrected chi connectivity index (χ1v) is 10.1. The molecule has 4 atom stereocenters. The predicted molar refractivity (Wildman–Crippen MR) is 102 cm³/mol. The first-order valence-electron chi connectivity index (χ1n) is 10.1. The summed E-state index contributed by atoms with van der Waals surface area (Å²) in [4.78, 5) is 21.4. The highest BCUT2D eigenvalue weighted by Gasteiger charge is 2.49. The van der Waals surface area contributed by atoms with Crippen LogP contribution in [0.5, 0.6) is 0 Å².